The van der Waals surface area contributed by atoms with Crippen molar-refractivity contribution in [2.45, 2.75) is 39.2 Å². The van der Waals surface area contributed by atoms with E-state index in [1.807, 2.05) is 13.8 Å². The van der Waals surface area contributed by atoms with E-state index in [1.165, 1.54) is 30.3 Å². The third kappa shape index (κ3) is 7.06. The van der Waals surface area contributed by atoms with Gasteiger partial charge in [-0.2, -0.15) is 4.98 Å². The van der Waals surface area contributed by atoms with Crippen molar-refractivity contribution in [2.75, 3.05) is 10.6 Å². The molecule has 1 heterocycles. The van der Waals surface area contributed by atoms with Gasteiger partial charge in [-0.15, -0.1) is 13.2 Å². The molecule has 0 amide bonds. The van der Waals surface area contributed by atoms with Crippen LogP contribution in [-0.4, -0.2) is 27.3 Å². The summed E-state index contributed by atoms with van der Waals surface area (Å²) >= 11 is 0. The molecule has 8 nitrogen and oxygen atoms in total. The van der Waals surface area contributed by atoms with Gasteiger partial charge in [0, 0.05) is 36.3 Å². The molecular formula is C22H22F3N5O3. The maximum absolute atomic E-state index is 12.6. The van der Waals surface area contributed by atoms with Crippen LogP contribution in [0.3, 0.4) is 0 Å². The van der Waals surface area contributed by atoms with Crippen molar-refractivity contribution in [3.8, 4) is 17.0 Å². The van der Waals surface area contributed by atoms with Crippen molar-refractivity contribution in [1.29, 1.82) is 0 Å². The molecule has 0 fully saturated rings. The fourth-order valence-corrected chi connectivity index (χ4v) is 2.90. The van der Waals surface area contributed by atoms with E-state index in [-0.39, 0.29) is 24.0 Å². The first-order valence-electron chi connectivity index (χ1n) is 10.1. The Hall–Kier alpha value is -3.89. The molecule has 11 heteroatoms. The number of nitrogens with one attached hydrogen (secondary N) is 2. The molecule has 2 N–H and O–H groups in total. The number of anilines is 2. The molecule has 3 aromatic rings. The molecule has 0 aliphatic carbocycles. The fraction of sp³-hybridized carbons (Fsp3) is 0.273. The van der Waals surface area contributed by atoms with Gasteiger partial charge in [-0.1, -0.05) is 31.2 Å². The number of ether oxygens (including phenoxy) is 1. The predicted octanol–water partition coefficient (Wildman–Crippen LogP) is 5.77. The molecular weight excluding hydrogens is 439 g/mol. The normalized spacial score (nSPS) is 12.2. The van der Waals surface area contributed by atoms with Crippen LogP contribution in [0.15, 0.2) is 54.6 Å². The van der Waals surface area contributed by atoms with Gasteiger partial charge in [-0.25, -0.2) is 4.98 Å². The summed E-state index contributed by atoms with van der Waals surface area (Å²) in [5, 5.41) is 17.2. The summed E-state index contributed by atoms with van der Waals surface area (Å²) in [7, 11) is 0. The summed E-state index contributed by atoms with van der Waals surface area (Å²) in [5.74, 6) is 0.339. The zero-order chi connectivity index (χ0) is 24.0. The lowest BCUT2D eigenvalue weighted by Gasteiger charge is -2.15. The van der Waals surface area contributed by atoms with Crippen molar-refractivity contribution in [1.82, 2.24) is 9.97 Å². The van der Waals surface area contributed by atoms with E-state index in [1.54, 1.807) is 24.3 Å². The topological polar surface area (TPSA) is 102 Å². The van der Waals surface area contributed by atoms with E-state index >= 15 is 0 Å². The van der Waals surface area contributed by atoms with Crippen molar-refractivity contribution >= 4 is 17.5 Å². The number of hydrogen-bond donors (Lipinski definition) is 2. The zero-order valence-electron chi connectivity index (χ0n) is 17.9. The van der Waals surface area contributed by atoms with Crippen molar-refractivity contribution < 1.29 is 22.8 Å². The summed E-state index contributed by atoms with van der Waals surface area (Å²) in [6.07, 6.45) is -4.00. The molecule has 0 bridgehead atoms. The first kappa shape index (κ1) is 23.8. The number of nitrogens with zero attached hydrogens (tertiary/aromatic N) is 3. The Labute approximate surface area is 188 Å². The van der Waals surface area contributed by atoms with Gasteiger partial charge in [0.05, 0.1) is 10.6 Å². The second-order valence-corrected chi connectivity index (χ2v) is 7.27. The number of non-ortho nitro benzene ring substituents is 1. The number of nitro groups is 1. The third-order valence-corrected chi connectivity index (χ3v) is 4.67. The van der Waals surface area contributed by atoms with Gasteiger partial charge < -0.3 is 15.4 Å². The SMILES string of the molecule is CC[C@H](C)Nc1nc(NCc2cccc([N+](=O)[O-])c2)cc(-c2cccc(OC(F)(F)F)c2)n1. The lowest BCUT2D eigenvalue weighted by atomic mass is 10.1. The molecule has 0 aliphatic heterocycles. The highest BCUT2D eigenvalue weighted by Crippen LogP contribution is 2.29. The number of hydrogen-bond acceptors (Lipinski definition) is 7. The van der Waals surface area contributed by atoms with E-state index in [2.05, 4.69) is 25.3 Å². The quantitative estimate of drug-likeness (QED) is 0.308. The summed E-state index contributed by atoms with van der Waals surface area (Å²) in [6, 6.07) is 13.3. The largest absolute Gasteiger partial charge is 0.573 e. The lowest BCUT2D eigenvalue weighted by Crippen LogP contribution is -2.17. The van der Waals surface area contributed by atoms with Gasteiger partial charge in [0.1, 0.15) is 11.6 Å². The molecule has 33 heavy (non-hydrogen) atoms. The van der Waals surface area contributed by atoms with Crippen LogP contribution in [-0.2, 0) is 6.54 Å². The lowest BCUT2D eigenvalue weighted by molar-refractivity contribution is -0.384. The average molecular weight is 461 g/mol. The Morgan fingerprint density at radius 2 is 1.88 bits per heavy atom. The molecule has 2 aromatic carbocycles. The fourth-order valence-electron chi connectivity index (χ4n) is 2.90. The number of alkyl halides is 3. The molecule has 3 rings (SSSR count). The summed E-state index contributed by atoms with van der Waals surface area (Å²) in [4.78, 5) is 19.4. The van der Waals surface area contributed by atoms with E-state index in [9.17, 15) is 23.3 Å². The maximum atomic E-state index is 12.6. The highest BCUT2D eigenvalue weighted by Gasteiger charge is 2.31. The molecule has 174 valence electrons. The maximum Gasteiger partial charge on any atom is 0.573 e. The number of halogens is 3. The molecule has 1 aromatic heterocycles. The predicted molar refractivity (Wildman–Crippen MR) is 118 cm³/mol. The van der Waals surface area contributed by atoms with Gasteiger partial charge in [-0.3, -0.25) is 10.1 Å². The van der Waals surface area contributed by atoms with E-state index in [4.69, 9.17) is 0 Å². The van der Waals surface area contributed by atoms with Crippen molar-refractivity contribution in [3.05, 3.63) is 70.3 Å². The van der Waals surface area contributed by atoms with Crippen LogP contribution in [0.25, 0.3) is 11.3 Å². The second kappa shape index (κ2) is 10.2. The van der Waals surface area contributed by atoms with Crippen LogP contribution < -0.4 is 15.4 Å². The highest BCUT2D eigenvalue weighted by atomic mass is 19.4. The molecule has 0 radical (unpaired) electrons. The average Bonchev–Trinajstić information content (AvgIpc) is 2.76. The summed E-state index contributed by atoms with van der Waals surface area (Å²) in [5.41, 5.74) is 1.43. The van der Waals surface area contributed by atoms with Crippen molar-refractivity contribution in [3.63, 3.8) is 0 Å². The van der Waals surface area contributed by atoms with E-state index < -0.39 is 11.3 Å². The summed E-state index contributed by atoms with van der Waals surface area (Å²) in [6.45, 7) is 4.18. The zero-order valence-corrected chi connectivity index (χ0v) is 17.9. The third-order valence-electron chi connectivity index (χ3n) is 4.67. The Morgan fingerprint density at radius 3 is 2.58 bits per heavy atom. The first-order chi connectivity index (χ1) is 15.6. The van der Waals surface area contributed by atoms with Gasteiger partial charge in [0.2, 0.25) is 5.95 Å². The smallest absolute Gasteiger partial charge is 0.406 e. The summed E-state index contributed by atoms with van der Waals surface area (Å²) < 4.78 is 41.9. The van der Waals surface area contributed by atoms with E-state index in [0.29, 0.717) is 28.6 Å². The van der Waals surface area contributed by atoms with Crippen LogP contribution in [0.1, 0.15) is 25.8 Å². The molecule has 0 unspecified atom stereocenters. The van der Waals surface area contributed by atoms with Crippen LogP contribution in [0, 0.1) is 10.1 Å². The molecule has 0 saturated carbocycles. The standard InChI is InChI=1S/C22H22F3N5O3/c1-3-14(2)27-21-28-19(16-7-5-9-18(11-16)33-22(23,24)25)12-20(29-21)26-13-15-6-4-8-17(10-15)30(31)32/h4-12,14H,3,13H2,1-2H3,(H2,26,27,28,29)/t14-/m0/s1. The minimum Gasteiger partial charge on any atom is -0.406 e. The number of nitro benzene ring substituents is 1. The van der Waals surface area contributed by atoms with E-state index in [0.717, 1.165) is 6.42 Å². The van der Waals surface area contributed by atoms with Gasteiger partial charge in [-0.05, 0) is 31.0 Å². The Morgan fingerprint density at radius 1 is 1.12 bits per heavy atom. The molecule has 0 spiro atoms. The minimum absolute atomic E-state index is 0.0294. The van der Waals surface area contributed by atoms with Crippen LogP contribution in [0.4, 0.5) is 30.6 Å². The van der Waals surface area contributed by atoms with Gasteiger partial charge in [0.15, 0.2) is 0 Å². The Bertz CT molecular complexity index is 1120. The number of rotatable bonds is 9. The molecule has 0 aliphatic rings. The molecule has 1 atom stereocenters. The monoisotopic (exact) mass is 461 g/mol. The first-order valence-corrected chi connectivity index (χ1v) is 10.1. The molecule has 0 saturated heterocycles. The highest BCUT2D eigenvalue weighted by molar-refractivity contribution is 5.66. The van der Waals surface area contributed by atoms with Crippen LogP contribution >= 0.6 is 0 Å². The van der Waals surface area contributed by atoms with Gasteiger partial charge in [0.25, 0.3) is 5.69 Å². The minimum atomic E-state index is -4.81. The van der Waals surface area contributed by atoms with Crippen LogP contribution in [0.5, 0.6) is 5.75 Å². The van der Waals surface area contributed by atoms with Gasteiger partial charge >= 0.3 is 6.36 Å². The Kier molecular flexibility index (Phi) is 7.31. The number of benzene rings is 2. The van der Waals surface area contributed by atoms with Crippen molar-refractivity contribution in [2.24, 2.45) is 0 Å². The second-order valence-electron chi connectivity index (χ2n) is 7.27. The Balaban J connectivity index is 1.90. The van der Waals surface area contributed by atoms with Crippen LogP contribution in [0.2, 0.25) is 0 Å². The number of aromatic nitrogens is 2.